The third kappa shape index (κ3) is 3.95. The molecule has 0 aromatic heterocycles. The smallest absolute Gasteiger partial charge is 0.123 e. The Bertz CT molecular complexity index is 331. The maximum atomic E-state index is 10.6. The normalized spacial score (nSPS) is 18.1. The summed E-state index contributed by atoms with van der Waals surface area (Å²) in [5.74, 6) is 0.264. The monoisotopic (exact) mass is 233 g/mol. The van der Waals surface area contributed by atoms with Gasteiger partial charge < -0.3 is 9.53 Å². The standard InChI is InChI=1S/C14H19NO2/c16-10-13-6-8-15(9-7-13)12-17-11-14-4-2-1-3-5-14/h1-5,10,13H,6-9,11-12H2. The zero-order chi connectivity index (χ0) is 11.9. The Labute approximate surface area is 102 Å². The van der Waals surface area contributed by atoms with Gasteiger partial charge in [-0.05, 0) is 18.4 Å². The van der Waals surface area contributed by atoms with Gasteiger partial charge in [0.05, 0.1) is 13.3 Å². The van der Waals surface area contributed by atoms with Crippen molar-refractivity contribution in [3.63, 3.8) is 0 Å². The molecule has 0 aliphatic carbocycles. The van der Waals surface area contributed by atoms with Gasteiger partial charge in [-0.25, -0.2) is 0 Å². The second-order valence-electron chi connectivity index (χ2n) is 4.55. The van der Waals surface area contributed by atoms with Crippen LogP contribution in [0, 0.1) is 5.92 Å². The molecular formula is C14H19NO2. The molecule has 92 valence electrons. The number of carbonyl (C=O) groups is 1. The van der Waals surface area contributed by atoms with Crippen molar-refractivity contribution in [3.8, 4) is 0 Å². The van der Waals surface area contributed by atoms with E-state index in [4.69, 9.17) is 4.74 Å². The Morgan fingerprint density at radius 1 is 1.24 bits per heavy atom. The predicted octanol–water partition coefficient (Wildman–Crippen LogP) is 2.07. The molecule has 0 spiro atoms. The topological polar surface area (TPSA) is 29.5 Å². The summed E-state index contributed by atoms with van der Waals surface area (Å²) in [5, 5.41) is 0. The summed E-state index contributed by atoms with van der Waals surface area (Å²) in [6, 6.07) is 10.2. The molecule has 0 bridgehead atoms. The molecule has 3 nitrogen and oxygen atoms in total. The third-order valence-corrected chi connectivity index (χ3v) is 3.21. The fourth-order valence-corrected chi connectivity index (χ4v) is 2.08. The van der Waals surface area contributed by atoms with Gasteiger partial charge in [0.25, 0.3) is 0 Å². The maximum Gasteiger partial charge on any atom is 0.123 e. The van der Waals surface area contributed by atoms with Crippen LogP contribution in [0.5, 0.6) is 0 Å². The van der Waals surface area contributed by atoms with E-state index in [1.807, 2.05) is 18.2 Å². The van der Waals surface area contributed by atoms with E-state index in [0.717, 1.165) is 32.2 Å². The number of aldehydes is 1. The molecule has 1 aromatic rings. The minimum atomic E-state index is 0.264. The SMILES string of the molecule is O=CC1CCN(COCc2ccccc2)CC1. The van der Waals surface area contributed by atoms with Crippen molar-refractivity contribution in [1.29, 1.82) is 0 Å². The largest absolute Gasteiger partial charge is 0.361 e. The highest BCUT2D eigenvalue weighted by molar-refractivity contribution is 5.53. The molecule has 1 aliphatic heterocycles. The van der Waals surface area contributed by atoms with Gasteiger partial charge in [0.1, 0.15) is 6.29 Å². The average Bonchev–Trinajstić information content (AvgIpc) is 2.41. The van der Waals surface area contributed by atoms with Crippen molar-refractivity contribution in [2.75, 3.05) is 19.8 Å². The van der Waals surface area contributed by atoms with Crippen LogP contribution in [0.1, 0.15) is 18.4 Å². The molecule has 3 heteroatoms. The lowest BCUT2D eigenvalue weighted by Crippen LogP contribution is -2.35. The van der Waals surface area contributed by atoms with Gasteiger partial charge in [-0.3, -0.25) is 4.90 Å². The Morgan fingerprint density at radius 3 is 2.59 bits per heavy atom. The lowest BCUT2D eigenvalue weighted by Gasteiger charge is -2.29. The fourth-order valence-electron chi connectivity index (χ4n) is 2.08. The highest BCUT2D eigenvalue weighted by Gasteiger charge is 2.17. The zero-order valence-corrected chi connectivity index (χ0v) is 10.0. The van der Waals surface area contributed by atoms with Gasteiger partial charge in [-0.1, -0.05) is 30.3 Å². The fraction of sp³-hybridized carbons (Fsp3) is 0.500. The Balaban J connectivity index is 1.65. The van der Waals surface area contributed by atoms with E-state index < -0.39 is 0 Å². The number of rotatable bonds is 5. The molecule has 1 saturated heterocycles. The van der Waals surface area contributed by atoms with Crippen LogP contribution in [0.15, 0.2) is 30.3 Å². The van der Waals surface area contributed by atoms with Gasteiger partial charge in [-0.2, -0.15) is 0 Å². The molecule has 0 radical (unpaired) electrons. The number of likely N-dealkylation sites (tertiary alicyclic amines) is 1. The molecule has 0 atom stereocenters. The molecule has 1 aliphatic rings. The van der Waals surface area contributed by atoms with Crippen LogP contribution in [-0.4, -0.2) is 31.0 Å². The summed E-state index contributed by atoms with van der Waals surface area (Å²) >= 11 is 0. The van der Waals surface area contributed by atoms with E-state index in [0.29, 0.717) is 13.3 Å². The van der Waals surface area contributed by atoms with Crippen molar-refractivity contribution >= 4 is 6.29 Å². The Hall–Kier alpha value is -1.19. The lowest BCUT2D eigenvalue weighted by molar-refractivity contribution is -0.112. The van der Waals surface area contributed by atoms with Crippen LogP contribution >= 0.6 is 0 Å². The van der Waals surface area contributed by atoms with Crippen LogP contribution < -0.4 is 0 Å². The molecule has 17 heavy (non-hydrogen) atoms. The van der Waals surface area contributed by atoms with Crippen molar-refractivity contribution in [1.82, 2.24) is 4.90 Å². The van der Waals surface area contributed by atoms with Crippen molar-refractivity contribution in [3.05, 3.63) is 35.9 Å². The second kappa shape index (κ2) is 6.52. The molecule has 0 N–H and O–H groups in total. The van der Waals surface area contributed by atoms with Gasteiger partial charge in [0.2, 0.25) is 0 Å². The first-order valence-electron chi connectivity index (χ1n) is 6.18. The molecule has 2 rings (SSSR count). The highest BCUT2D eigenvalue weighted by atomic mass is 16.5. The van der Waals surface area contributed by atoms with Gasteiger partial charge in [0, 0.05) is 19.0 Å². The number of piperidine rings is 1. The summed E-state index contributed by atoms with van der Waals surface area (Å²) < 4.78 is 5.67. The first-order valence-corrected chi connectivity index (χ1v) is 6.18. The van der Waals surface area contributed by atoms with E-state index in [1.165, 1.54) is 5.56 Å². The number of nitrogens with zero attached hydrogens (tertiary/aromatic N) is 1. The van der Waals surface area contributed by atoms with Crippen LogP contribution in [0.2, 0.25) is 0 Å². The van der Waals surface area contributed by atoms with Crippen LogP contribution in [-0.2, 0) is 16.1 Å². The number of benzene rings is 1. The van der Waals surface area contributed by atoms with Gasteiger partial charge in [-0.15, -0.1) is 0 Å². The van der Waals surface area contributed by atoms with Gasteiger partial charge >= 0.3 is 0 Å². The van der Waals surface area contributed by atoms with E-state index in [-0.39, 0.29) is 5.92 Å². The van der Waals surface area contributed by atoms with E-state index in [1.54, 1.807) is 0 Å². The number of carbonyl (C=O) groups excluding carboxylic acids is 1. The van der Waals surface area contributed by atoms with Gasteiger partial charge in [0.15, 0.2) is 0 Å². The number of hydrogen-bond acceptors (Lipinski definition) is 3. The summed E-state index contributed by atoms with van der Waals surface area (Å²) in [4.78, 5) is 12.9. The first kappa shape index (κ1) is 12.3. The number of ether oxygens (including phenoxy) is 1. The number of hydrogen-bond donors (Lipinski definition) is 0. The molecular weight excluding hydrogens is 214 g/mol. The van der Waals surface area contributed by atoms with Crippen molar-refractivity contribution in [2.45, 2.75) is 19.4 Å². The Kier molecular flexibility index (Phi) is 4.71. The lowest BCUT2D eigenvalue weighted by atomic mass is 9.99. The molecule has 0 saturated carbocycles. The molecule has 1 fully saturated rings. The van der Waals surface area contributed by atoms with Crippen LogP contribution in [0.4, 0.5) is 0 Å². The quantitative estimate of drug-likeness (QED) is 0.729. The molecule has 0 amide bonds. The summed E-state index contributed by atoms with van der Waals surface area (Å²) in [5.41, 5.74) is 1.20. The van der Waals surface area contributed by atoms with Crippen LogP contribution in [0.25, 0.3) is 0 Å². The zero-order valence-electron chi connectivity index (χ0n) is 10.0. The molecule has 1 heterocycles. The molecule has 0 unspecified atom stereocenters. The molecule has 1 aromatic carbocycles. The predicted molar refractivity (Wildman–Crippen MR) is 66.5 cm³/mol. The van der Waals surface area contributed by atoms with Crippen molar-refractivity contribution < 1.29 is 9.53 Å². The second-order valence-corrected chi connectivity index (χ2v) is 4.55. The average molecular weight is 233 g/mol. The summed E-state index contributed by atoms with van der Waals surface area (Å²) in [6.45, 7) is 3.27. The minimum Gasteiger partial charge on any atom is -0.361 e. The summed E-state index contributed by atoms with van der Waals surface area (Å²) in [6.07, 6.45) is 3.03. The first-order chi connectivity index (χ1) is 8.38. The third-order valence-electron chi connectivity index (χ3n) is 3.21. The highest BCUT2D eigenvalue weighted by Crippen LogP contribution is 2.14. The Morgan fingerprint density at radius 2 is 1.94 bits per heavy atom. The van der Waals surface area contributed by atoms with E-state index in [2.05, 4.69) is 17.0 Å². The van der Waals surface area contributed by atoms with E-state index in [9.17, 15) is 4.79 Å². The van der Waals surface area contributed by atoms with Crippen LogP contribution in [0.3, 0.4) is 0 Å². The van der Waals surface area contributed by atoms with Crippen molar-refractivity contribution in [2.24, 2.45) is 5.92 Å². The van der Waals surface area contributed by atoms with E-state index >= 15 is 0 Å². The summed E-state index contributed by atoms with van der Waals surface area (Å²) in [7, 11) is 0. The maximum absolute atomic E-state index is 10.6. The minimum absolute atomic E-state index is 0.264.